The summed E-state index contributed by atoms with van der Waals surface area (Å²) in [7, 11) is 0. The fourth-order valence-electron chi connectivity index (χ4n) is 4.66. The molecule has 2 aliphatic rings. The molecule has 5 N–H and O–H groups in total. The summed E-state index contributed by atoms with van der Waals surface area (Å²) < 4.78 is 31.7. The van der Waals surface area contributed by atoms with Crippen LogP contribution in [0.15, 0.2) is 36.4 Å². The quantitative estimate of drug-likeness (QED) is 0.311. The highest BCUT2D eigenvalue weighted by molar-refractivity contribution is 6.32. The van der Waals surface area contributed by atoms with E-state index in [-0.39, 0.29) is 22.7 Å². The van der Waals surface area contributed by atoms with Crippen molar-refractivity contribution >= 4 is 46.5 Å². The Morgan fingerprint density at radius 2 is 1.68 bits per heavy atom. The number of benzene rings is 2. The minimum Gasteiger partial charge on any atom is -0.506 e. The van der Waals surface area contributed by atoms with E-state index in [1.807, 2.05) is 17.0 Å². The number of carbonyl (C=O) groups is 2. The van der Waals surface area contributed by atoms with Gasteiger partial charge in [-0.15, -0.1) is 0 Å². The van der Waals surface area contributed by atoms with Gasteiger partial charge in [-0.1, -0.05) is 35.3 Å². The van der Waals surface area contributed by atoms with Crippen molar-refractivity contribution in [3.05, 3.63) is 52.0 Å². The largest absolute Gasteiger partial charge is 0.506 e. The molecular formula is C26H31Cl2F3N4O5. The molecule has 0 saturated carbocycles. The Bertz CT molecular complexity index is 1180. The van der Waals surface area contributed by atoms with E-state index in [2.05, 4.69) is 27.7 Å². The fourth-order valence-corrected chi connectivity index (χ4v) is 4.95. The molecule has 0 aliphatic carbocycles. The molecule has 2 aromatic carbocycles. The molecule has 0 radical (unpaired) electrons. The number of aliphatic hydroxyl groups excluding tert-OH is 1. The molecule has 0 aromatic heterocycles. The van der Waals surface area contributed by atoms with Crippen LogP contribution in [0.1, 0.15) is 25.3 Å². The molecular weight excluding hydrogens is 576 g/mol. The Labute approximate surface area is 239 Å². The maximum atomic E-state index is 11.6. The average molecular weight is 607 g/mol. The van der Waals surface area contributed by atoms with Gasteiger partial charge in [0.2, 0.25) is 5.91 Å². The molecule has 2 fully saturated rings. The van der Waals surface area contributed by atoms with Crippen molar-refractivity contribution in [1.29, 1.82) is 0 Å². The van der Waals surface area contributed by atoms with Crippen molar-refractivity contribution in [3.63, 3.8) is 0 Å². The van der Waals surface area contributed by atoms with Crippen LogP contribution in [-0.2, 0) is 16.1 Å². The van der Waals surface area contributed by atoms with E-state index in [0.29, 0.717) is 30.5 Å². The Hall–Kier alpha value is -2.77. The van der Waals surface area contributed by atoms with Crippen molar-refractivity contribution in [2.75, 3.05) is 36.4 Å². The third-order valence-electron chi connectivity index (χ3n) is 6.60. The van der Waals surface area contributed by atoms with Gasteiger partial charge in [0.25, 0.3) is 0 Å². The number of nitrogens with zero attached hydrogens (tertiary/aromatic N) is 2. The molecule has 14 heteroatoms. The van der Waals surface area contributed by atoms with Gasteiger partial charge in [0.15, 0.2) is 0 Å². The maximum absolute atomic E-state index is 11.6. The molecule has 0 bridgehead atoms. The van der Waals surface area contributed by atoms with Crippen LogP contribution in [0.25, 0.3) is 0 Å². The summed E-state index contributed by atoms with van der Waals surface area (Å²) in [6.07, 6.45) is -3.62. The maximum Gasteiger partial charge on any atom is 0.490 e. The van der Waals surface area contributed by atoms with Crippen LogP contribution < -0.4 is 15.5 Å². The number of halogens is 5. The molecule has 2 saturated heterocycles. The van der Waals surface area contributed by atoms with E-state index in [1.54, 1.807) is 0 Å². The van der Waals surface area contributed by atoms with Gasteiger partial charge in [0.05, 0.1) is 28.5 Å². The SMILES string of the molecule is CC(=O)Nc1cc(Cl)c(O)cc1N1CC(NC2CCN(Cc3ccc(Cl)cc3)CC2)[C@H](O)C1.O=C(O)C(F)(F)F. The minimum absolute atomic E-state index is 0.0558. The van der Waals surface area contributed by atoms with Crippen LogP contribution >= 0.6 is 23.2 Å². The smallest absolute Gasteiger partial charge is 0.490 e. The lowest BCUT2D eigenvalue weighted by molar-refractivity contribution is -0.192. The van der Waals surface area contributed by atoms with Crippen LogP contribution in [0, 0.1) is 0 Å². The highest BCUT2D eigenvalue weighted by Gasteiger charge is 2.38. The Balaban J connectivity index is 0.000000559. The summed E-state index contributed by atoms with van der Waals surface area (Å²) in [5, 5.41) is 35.3. The third-order valence-corrected chi connectivity index (χ3v) is 7.16. The number of β-amino-alcohol motifs (C(OH)–C–C–N with tert-alkyl or cyclic N) is 1. The van der Waals surface area contributed by atoms with Crippen molar-refractivity contribution < 1.29 is 38.1 Å². The van der Waals surface area contributed by atoms with E-state index >= 15 is 0 Å². The molecule has 2 heterocycles. The summed E-state index contributed by atoms with van der Waals surface area (Å²) in [6.45, 7) is 5.29. The van der Waals surface area contributed by atoms with Gasteiger partial charge in [0.1, 0.15) is 5.75 Å². The van der Waals surface area contributed by atoms with Gasteiger partial charge in [-0.25, -0.2) is 4.79 Å². The zero-order valence-electron chi connectivity index (χ0n) is 21.6. The highest BCUT2D eigenvalue weighted by atomic mass is 35.5. The molecule has 0 spiro atoms. The molecule has 220 valence electrons. The number of likely N-dealkylation sites (tertiary alicyclic amines) is 1. The number of aromatic hydroxyl groups is 1. The minimum atomic E-state index is -5.08. The molecule has 4 rings (SSSR count). The number of rotatable bonds is 6. The molecule has 40 heavy (non-hydrogen) atoms. The second kappa shape index (κ2) is 13.7. The molecule has 2 atom stereocenters. The van der Waals surface area contributed by atoms with Crippen molar-refractivity contribution in [2.24, 2.45) is 0 Å². The summed E-state index contributed by atoms with van der Waals surface area (Å²) >= 11 is 12.0. The normalized spacial score (nSPS) is 20.1. The standard InChI is InChI=1S/C24H30Cl2N4O3.C2HF3O2/c1-15(31)27-20-10-19(26)23(32)11-22(20)30-13-21(24(33)14-30)28-18-6-8-29(9-7-18)12-16-2-4-17(25)5-3-16;3-2(4,5)1(6)7/h2-5,10-11,18,21,24,28,32-33H,6-9,12-14H2,1H3,(H,27,31);(H,6,7)/t21?,24-;/m1./s1. The second-order valence-electron chi connectivity index (χ2n) is 9.73. The number of hydrogen-bond donors (Lipinski definition) is 5. The number of carboxylic acids is 1. The number of hydrogen-bond acceptors (Lipinski definition) is 7. The Kier molecular flexibility index (Phi) is 10.9. The van der Waals surface area contributed by atoms with E-state index in [0.717, 1.165) is 37.5 Å². The molecule has 2 aliphatic heterocycles. The number of phenolic OH excluding ortho intramolecular Hbond substituents is 1. The van der Waals surface area contributed by atoms with E-state index < -0.39 is 18.2 Å². The van der Waals surface area contributed by atoms with E-state index in [1.165, 1.54) is 24.6 Å². The summed E-state index contributed by atoms with van der Waals surface area (Å²) in [5.41, 5.74) is 2.43. The van der Waals surface area contributed by atoms with Gasteiger partial charge in [0, 0.05) is 43.7 Å². The first-order chi connectivity index (χ1) is 18.7. The number of anilines is 2. The topological polar surface area (TPSA) is 125 Å². The van der Waals surface area contributed by atoms with Crippen LogP contribution in [0.2, 0.25) is 10.0 Å². The van der Waals surface area contributed by atoms with E-state index in [4.69, 9.17) is 33.1 Å². The lowest BCUT2D eigenvalue weighted by Crippen LogP contribution is -2.49. The zero-order valence-corrected chi connectivity index (χ0v) is 23.1. The molecule has 1 unspecified atom stereocenters. The number of carbonyl (C=O) groups excluding carboxylic acids is 1. The van der Waals surface area contributed by atoms with Gasteiger partial charge >= 0.3 is 12.1 Å². The second-order valence-corrected chi connectivity index (χ2v) is 10.6. The molecule has 2 aromatic rings. The Morgan fingerprint density at radius 1 is 1.07 bits per heavy atom. The lowest BCUT2D eigenvalue weighted by Gasteiger charge is -2.34. The summed E-state index contributed by atoms with van der Waals surface area (Å²) in [5.74, 6) is -3.04. The number of aliphatic carboxylic acids is 1. The number of amides is 1. The molecule has 1 amide bonds. The monoisotopic (exact) mass is 606 g/mol. The first-order valence-electron chi connectivity index (χ1n) is 12.5. The molecule has 9 nitrogen and oxygen atoms in total. The van der Waals surface area contributed by atoms with Gasteiger partial charge in [-0.3, -0.25) is 9.69 Å². The fraction of sp³-hybridized carbons (Fsp3) is 0.462. The third kappa shape index (κ3) is 9.13. The zero-order chi connectivity index (χ0) is 29.6. The van der Waals surface area contributed by atoms with Crippen LogP contribution in [-0.4, -0.2) is 82.6 Å². The van der Waals surface area contributed by atoms with Crippen LogP contribution in [0.5, 0.6) is 5.75 Å². The van der Waals surface area contributed by atoms with Crippen molar-refractivity contribution in [2.45, 2.75) is 50.7 Å². The van der Waals surface area contributed by atoms with Gasteiger partial charge < -0.3 is 30.9 Å². The van der Waals surface area contributed by atoms with Crippen LogP contribution in [0.4, 0.5) is 24.5 Å². The summed E-state index contributed by atoms with van der Waals surface area (Å²) in [6, 6.07) is 11.3. The first kappa shape index (κ1) is 31.8. The average Bonchev–Trinajstić information content (AvgIpc) is 3.23. The first-order valence-corrected chi connectivity index (χ1v) is 13.2. The van der Waals surface area contributed by atoms with Crippen molar-refractivity contribution in [1.82, 2.24) is 10.2 Å². The predicted octanol–water partition coefficient (Wildman–Crippen LogP) is 4.09. The number of aliphatic hydroxyl groups is 1. The summed E-state index contributed by atoms with van der Waals surface area (Å²) in [4.78, 5) is 24.9. The number of piperidine rings is 1. The van der Waals surface area contributed by atoms with Crippen molar-refractivity contribution in [3.8, 4) is 5.75 Å². The van der Waals surface area contributed by atoms with Gasteiger partial charge in [-0.2, -0.15) is 13.2 Å². The highest BCUT2D eigenvalue weighted by Crippen LogP contribution is 2.37. The number of nitrogens with one attached hydrogen (secondary N) is 2. The van der Waals surface area contributed by atoms with E-state index in [9.17, 15) is 28.2 Å². The lowest BCUT2D eigenvalue weighted by atomic mass is 10.0. The number of alkyl halides is 3. The Morgan fingerprint density at radius 3 is 2.23 bits per heavy atom. The number of carboxylic acid groups (broad SMARTS) is 1. The predicted molar refractivity (Wildman–Crippen MR) is 146 cm³/mol. The van der Waals surface area contributed by atoms with Gasteiger partial charge in [-0.05, 0) is 49.7 Å². The van der Waals surface area contributed by atoms with Crippen LogP contribution in [0.3, 0.4) is 0 Å². The number of phenols is 1.